The van der Waals surface area contributed by atoms with Crippen molar-refractivity contribution in [3.63, 3.8) is 0 Å². The molecule has 2 heterocycles. The standard InChI is InChI=1S/C51H40N2/c1-33(2)49(36-19-8-5-9-20-36)52-46(35-17-6-4-7-18-35)31-34(3)37-29-30-47-41(32-37)40-23-16-27-45-50(40)53(47)48-28-15-14-26-44(48)51(45)42-24-12-10-21-38(42)39-22-11-13-25-43(39)51/h4,6-8,10-32H,5,9H2,1-3H3/b34-31+,52-46?. The van der Waals surface area contributed by atoms with Crippen molar-refractivity contribution in [2.75, 3.05) is 0 Å². The lowest BCUT2D eigenvalue weighted by Gasteiger charge is -2.39. The predicted octanol–water partition coefficient (Wildman–Crippen LogP) is 12.9. The topological polar surface area (TPSA) is 17.3 Å². The first-order chi connectivity index (χ1) is 26.1. The van der Waals surface area contributed by atoms with Gasteiger partial charge in [0.25, 0.3) is 0 Å². The van der Waals surface area contributed by atoms with Crippen LogP contribution >= 0.6 is 0 Å². The van der Waals surface area contributed by atoms with Gasteiger partial charge in [-0.05, 0) is 108 Å². The third-order valence-corrected chi connectivity index (χ3v) is 11.5. The van der Waals surface area contributed by atoms with E-state index in [0.717, 1.165) is 29.8 Å². The number of para-hydroxylation sites is 2. The van der Waals surface area contributed by atoms with E-state index in [1.54, 1.807) is 0 Å². The molecule has 1 aliphatic heterocycles. The monoisotopic (exact) mass is 680 g/mol. The molecule has 0 unspecified atom stereocenters. The lowest BCUT2D eigenvalue weighted by molar-refractivity contribution is 0.748. The fourth-order valence-electron chi connectivity index (χ4n) is 9.27. The van der Waals surface area contributed by atoms with Crippen LogP contribution in [0.1, 0.15) is 67.0 Å². The van der Waals surface area contributed by atoms with Gasteiger partial charge in [0.2, 0.25) is 0 Å². The lowest BCUT2D eigenvalue weighted by atomic mass is 9.65. The number of hydrogen-bond acceptors (Lipinski definition) is 1. The number of benzene rings is 6. The summed E-state index contributed by atoms with van der Waals surface area (Å²) in [5.41, 5.74) is 19.3. The maximum Gasteiger partial charge on any atom is 0.0754 e. The molecule has 7 aromatic rings. The number of aliphatic imine (C=N–C) groups is 1. The Labute approximate surface area is 311 Å². The van der Waals surface area contributed by atoms with Crippen molar-refractivity contribution in [1.29, 1.82) is 0 Å². The summed E-state index contributed by atoms with van der Waals surface area (Å²) in [6, 6.07) is 51.7. The lowest BCUT2D eigenvalue weighted by Crippen LogP contribution is -2.33. The smallest absolute Gasteiger partial charge is 0.0754 e. The Balaban J connectivity index is 1.20. The molecule has 2 heteroatoms. The zero-order chi connectivity index (χ0) is 35.7. The van der Waals surface area contributed by atoms with Crippen LogP contribution < -0.4 is 0 Å². The third kappa shape index (κ3) is 4.61. The van der Waals surface area contributed by atoms with Crippen molar-refractivity contribution >= 4 is 33.1 Å². The Morgan fingerprint density at radius 3 is 2.02 bits per heavy atom. The van der Waals surface area contributed by atoms with Gasteiger partial charge in [-0.2, -0.15) is 0 Å². The second kappa shape index (κ2) is 12.2. The molecule has 0 fully saturated rings. The molecule has 2 aliphatic carbocycles. The fraction of sp³-hybridized carbons (Fsp3) is 0.118. The Bertz CT molecular complexity index is 2750. The summed E-state index contributed by atoms with van der Waals surface area (Å²) < 4.78 is 2.52. The fourth-order valence-corrected chi connectivity index (χ4v) is 9.27. The molecule has 0 N–H and O–H groups in total. The van der Waals surface area contributed by atoms with E-state index < -0.39 is 5.41 Å². The molecule has 1 spiro atoms. The maximum absolute atomic E-state index is 5.38. The number of fused-ring (bicyclic) bond motifs is 12. The quantitative estimate of drug-likeness (QED) is 0.161. The molecule has 0 amide bonds. The van der Waals surface area contributed by atoms with E-state index in [1.165, 1.54) is 83.2 Å². The minimum Gasteiger partial charge on any atom is -0.309 e. The zero-order valence-electron chi connectivity index (χ0n) is 30.4. The first-order valence-corrected chi connectivity index (χ1v) is 18.8. The summed E-state index contributed by atoms with van der Waals surface area (Å²) in [6.45, 7) is 6.55. The molecule has 3 aliphatic rings. The highest BCUT2D eigenvalue weighted by molar-refractivity contribution is 6.15. The van der Waals surface area contributed by atoms with Crippen LogP contribution in [0.25, 0.3) is 44.2 Å². The Morgan fingerprint density at radius 1 is 0.623 bits per heavy atom. The summed E-state index contributed by atoms with van der Waals surface area (Å²) in [6.07, 6.45) is 11.2. The van der Waals surface area contributed by atoms with Gasteiger partial charge in [0.15, 0.2) is 0 Å². The minimum absolute atomic E-state index is 0.404. The van der Waals surface area contributed by atoms with Crippen LogP contribution in [0, 0.1) is 0 Å². The molecule has 53 heavy (non-hydrogen) atoms. The molecule has 0 saturated carbocycles. The molecular weight excluding hydrogens is 641 g/mol. The molecule has 254 valence electrons. The number of nitrogens with zero attached hydrogens (tertiary/aromatic N) is 2. The minimum atomic E-state index is -0.404. The van der Waals surface area contributed by atoms with Crippen LogP contribution in [-0.4, -0.2) is 10.3 Å². The first kappa shape index (κ1) is 31.5. The van der Waals surface area contributed by atoms with Crippen LogP contribution in [-0.2, 0) is 5.41 Å². The summed E-state index contributed by atoms with van der Waals surface area (Å²) >= 11 is 0. The number of allylic oxidation sites excluding steroid dienone is 6. The third-order valence-electron chi connectivity index (χ3n) is 11.5. The van der Waals surface area contributed by atoms with Gasteiger partial charge >= 0.3 is 0 Å². The van der Waals surface area contributed by atoms with Crippen LogP contribution in [0.4, 0.5) is 0 Å². The van der Waals surface area contributed by atoms with Gasteiger partial charge in [0.1, 0.15) is 0 Å². The Morgan fingerprint density at radius 2 is 1.30 bits per heavy atom. The van der Waals surface area contributed by atoms with Gasteiger partial charge in [-0.1, -0.05) is 145 Å². The van der Waals surface area contributed by atoms with Crippen molar-refractivity contribution in [3.05, 3.63) is 214 Å². The Kier molecular flexibility index (Phi) is 7.23. The maximum atomic E-state index is 5.38. The number of aromatic nitrogens is 1. The summed E-state index contributed by atoms with van der Waals surface area (Å²) in [5, 5.41) is 2.54. The molecule has 0 radical (unpaired) electrons. The number of hydrogen-bond donors (Lipinski definition) is 0. The van der Waals surface area contributed by atoms with Crippen LogP contribution in [0.15, 0.2) is 186 Å². The van der Waals surface area contributed by atoms with Gasteiger partial charge in [-0.3, -0.25) is 0 Å². The van der Waals surface area contributed by atoms with Gasteiger partial charge in [-0.15, -0.1) is 0 Å². The van der Waals surface area contributed by atoms with E-state index in [2.05, 4.69) is 189 Å². The molecule has 2 nitrogen and oxygen atoms in total. The molecule has 6 aromatic carbocycles. The van der Waals surface area contributed by atoms with Crippen LogP contribution in [0.3, 0.4) is 0 Å². The van der Waals surface area contributed by atoms with Crippen LogP contribution in [0.2, 0.25) is 0 Å². The van der Waals surface area contributed by atoms with E-state index in [9.17, 15) is 0 Å². The van der Waals surface area contributed by atoms with Crippen molar-refractivity contribution in [3.8, 4) is 16.8 Å². The zero-order valence-corrected chi connectivity index (χ0v) is 30.4. The average molecular weight is 681 g/mol. The largest absolute Gasteiger partial charge is 0.309 e. The predicted molar refractivity (Wildman–Crippen MR) is 223 cm³/mol. The molecule has 0 bridgehead atoms. The van der Waals surface area contributed by atoms with E-state index >= 15 is 0 Å². The van der Waals surface area contributed by atoms with Crippen molar-refractivity contribution in [1.82, 2.24) is 4.57 Å². The van der Waals surface area contributed by atoms with E-state index in [-0.39, 0.29) is 0 Å². The van der Waals surface area contributed by atoms with Crippen molar-refractivity contribution < 1.29 is 0 Å². The van der Waals surface area contributed by atoms with E-state index in [1.807, 2.05) is 0 Å². The molecular formula is C51H40N2. The van der Waals surface area contributed by atoms with Crippen molar-refractivity contribution in [2.45, 2.75) is 39.0 Å². The molecule has 0 atom stereocenters. The molecule has 0 saturated heterocycles. The summed E-state index contributed by atoms with van der Waals surface area (Å²) in [5.74, 6) is 0. The average Bonchev–Trinajstić information content (AvgIpc) is 3.70. The van der Waals surface area contributed by atoms with Gasteiger partial charge < -0.3 is 4.57 Å². The second-order valence-corrected chi connectivity index (χ2v) is 14.8. The molecule has 1 aromatic heterocycles. The SMILES string of the molecule is CC(C)=C(N=C(/C=C(\C)c1ccc2c(c1)c1cccc3c1n2-c1ccccc1C31c2ccccc2-c2ccccc21)c1ccccc1)C1=CCCC=C1. The first-order valence-electron chi connectivity index (χ1n) is 18.8. The van der Waals surface area contributed by atoms with E-state index in [4.69, 9.17) is 4.99 Å². The van der Waals surface area contributed by atoms with Gasteiger partial charge in [0.05, 0.1) is 33.5 Å². The summed E-state index contributed by atoms with van der Waals surface area (Å²) in [4.78, 5) is 5.38. The Hall–Kier alpha value is -6.25. The second-order valence-electron chi connectivity index (χ2n) is 14.8. The number of rotatable bonds is 5. The van der Waals surface area contributed by atoms with Crippen LogP contribution in [0.5, 0.6) is 0 Å². The summed E-state index contributed by atoms with van der Waals surface area (Å²) in [7, 11) is 0. The van der Waals surface area contributed by atoms with Gasteiger partial charge in [0, 0.05) is 16.3 Å². The highest BCUT2D eigenvalue weighted by Crippen LogP contribution is 2.60. The van der Waals surface area contributed by atoms with Gasteiger partial charge in [-0.25, -0.2) is 4.99 Å². The van der Waals surface area contributed by atoms with Crippen molar-refractivity contribution in [2.24, 2.45) is 4.99 Å². The highest BCUT2D eigenvalue weighted by atomic mass is 15.0. The van der Waals surface area contributed by atoms with E-state index in [0.29, 0.717) is 0 Å². The normalized spacial score (nSPS) is 15.3. The molecule has 10 rings (SSSR count). The highest BCUT2D eigenvalue weighted by Gasteiger charge is 2.50.